The number of thiophene rings is 1. The van der Waals surface area contributed by atoms with Gasteiger partial charge in [-0.2, -0.15) is 0 Å². The van der Waals surface area contributed by atoms with Crippen LogP contribution >= 0.6 is 11.3 Å². The lowest BCUT2D eigenvalue weighted by molar-refractivity contribution is -0.146. The summed E-state index contributed by atoms with van der Waals surface area (Å²) < 4.78 is 4.97. The van der Waals surface area contributed by atoms with Crippen LogP contribution in [0.4, 0.5) is 0 Å². The van der Waals surface area contributed by atoms with Crippen LogP contribution in [0.5, 0.6) is 0 Å². The highest BCUT2D eigenvalue weighted by Crippen LogP contribution is 2.24. The van der Waals surface area contributed by atoms with Gasteiger partial charge in [-0.05, 0) is 38.3 Å². The van der Waals surface area contributed by atoms with Crippen LogP contribution in [-0.4, -0.2) is 24.5 Å². The Hall–Kier alpha value is -1.36. The van der Waals surface area contributed by atoms with Gasteiger partial charge in [0.25, 0.3) is 5.91 Å². The topological polar surface area (TPSA) is 55.4 Å². The van der Waals surface area contributed by atoms with Gasteiger partial charge in [0.15, 0.2) is 0 Å². The van der Waals surface area contributed by atoms with Crippen LogP contribution in [0.25, 0.3) is 0 Å². The van der Waals surface area contributed by atoms with Gasteiger partial charge in [-0.3, -0.25) is 9.59 Å². The van der Waals surface area contributed by atoms with E-state index in [1.807, 2.05) is 6.07 Å². The van der Waals surface area contributed by atoms with E-state index in [9.17, 15) is 9.59 Å². The third-order valence-electron chi connectivity index (χ3n) is 2.74. The monoisotopic (exact) mass is 297 g/mol. The first-order chi connectivity index (χ1) is 9.47. The molecule has 1 amide bonds. The van der Waals surface area contributed by atoms with Gasteiger partial charge in [0.2, 0.25) is 0 Å². The summed E-state index contributed by atoms with van der Waals surface area (Å²) in [6.07, 6.45) is 2.82. The summed E-state index contributed by atoms with van der Waals surface area (Å²) >= 11 is 1.52. The first-order valence-corrected chi connectivity index (χ1v) is 7.88. The van der Waals surface area contributed by atoms with Crippen molar-refractivity contribution in [1.29, 1.82) is 0 Å². The smallest absolute Gasteiger partial charge is 0.325 e. The standard InChI is InChI=1S/C15H23NO3S/c1-5-7-12-11(6-2)8-13(20-12)15(18)16-9-14(17)19-10(3)4/h8,10H,5-7,9H2,1-4H3,(H,16,18). The maximum atomic E-state index is 12.0. The minimum absolute atomic E-state index is 0.0838. The number of ether oxygens (including phenoxy) is 1. The fourth-order valence-corrected chi connectivity index (χ4v) is 3.13. The summed E-state index contributed by atoms with van der Waals surface area (Å²) in [4.78, 5) is 25.3. The van der Waals surface area contributed by atoms with E-state index in [4.69, 9.17) is 4.74 Å². The predicted molar refractivity (Wildman–Crippen MR) is 81.3 cm³/mol. The van der Waals surface area contributed by atoms with Gasteiger partial charge in [-0.1, -0.05) is 20.3 Å². The van der Waals surface area contributed by atoms with E-state index in [-0.39, 0.29) is 18.6 Å². The Morgan fingerprint density at radius 3 is 2.60 bits per heavy atom. The molecule has 0 radical (unpaired) electrons. The van der Waals surface area contributed by atoms with E-state index in [2.05, 4.69) is 19.2 Å². The molecule has 4 nitrogen and oxygen atoms in total. The molecule has 0 spiro atoms. The molecule has 0 aliphatic carbocycles. The number of amides is 1. The van der Waals surface area contributed by atoms with Crippen molar-refractivity contribution in [2.24, 2.45) is 0 Å². The molecule has 1 rings (SSSR count). The van der Waals surface area contributed by atoms with Crippen molar-refractivity contribution in [2.75, 3.05) is 6.54 Å². The van der Waals surface area contributed by atoms with Crippen LogP contribution < -0.4 is 5.32 Å². The number of esters is 1. The summed E-state index contributed by atoms with van der Waals surface area (Å²) in [6, 6.07) is 1.93. The number of nitrogens with one attached hydrogen (secondary N) is 1. The van der Waals surface area contributed by atoms with Gasteiger partial charge in [0, 0.05) is 4.88 Å². The molecule has 112 valence electrons. The molecule has 0 aliphatic rings. The molecule has 0 saturated carbocycles. The minimum Gasteiger partial charge on any atom is -0.462 e. The van der Waals surface area contributed by atoms with E-state index in [0.29, 0.717) is 4.88 Å². The van der Waals surface area contributed by atoms with Gasteiger partial charge in [-0.15, -0.1) is 11.3 Å². The molecule has 0 saturated heterocycles. The second-order valence-electron chi connectivity index (χ2n) is 4.88. The second-order valence-corrected chi connectivity index (χ2v) is 6.02. The molecule has 1 aromatic heterocycles. The lowest BCUT2D eigenvalue weighted by atomic mass is 10.1. The lowest BCUT2D eigenvalue weighted by Gasteiger charge is -2.08. The van der Waals surface area contributed by atoms with Gasteiger partial charge < -0.3 is 10.1 Å². The quantitative estimate of drug-likeness (QED) is 0.787. The zero-order valence-electron chi connectivity index (χ0n) is 12.6. The number of hydrogen-bond acceptors (Lipinski definition) is 4. The highest BCUT2D eigenvalue weighted by Gasteiger charge is 2.14. The van der Waals surface area contributed by atoms with Gasteiger partial charge in [-0.25, -0.2) is 0 Å². The highest BCUT2D eigenvalue weighted by atomic mass is 32.1. The zero-order valence-corrected chi connectivity index (χ0v) is 13.4. The average Bonchev–Trinajstić information content (AvgIpc) is 2.79. The molecule has 0 aromatic carbocycles. The van der Waals surface area contributed by atoms with E-state index >= 15 is 0 Å². The zero-order chi connectivity index (χ0) is 15.1. The summed E-state index contributed by atoms with van der Waals surface area (Å²) in [7, 11) is 0. The Morgan fingerprint density at radius 1 is 1.35 bits per heavy atom. The first kappa shape index (κ1) is 16.7. The van der Waals surface area contributed by atoms with E-state index in [0.717, 1.165) is 19.3 Å². The van der Waals surface area contributed by atoms with Crippen LogP contribution in [0, 0.1) is 0 Å². The van der Waals surface area contributed by atoms with Crippen molar-refractivity contribution in [2.45, 2.75) is 53.1 Å². The third-order valence-corrected chi connectivity index (χ3v) is 3.97. The SMILES string of the molecule is CCCc1sc(C(=O)NCC(=O)OC(C)C)cc1CC. The molecule has 0 atom stereocenters. The van der Waals surface area contributed by atoms with Crippen LogP contribution in [-0.2, 0) is 22.4 Å². The van der Waals surface area contributed by atoms with Crippen molar-refractivity contribution in [1.82, 2.24) is 5.32 Å². The fraction of sp³-hybridized carbons (Fsp3) is 0.600. The molecular weight excluding hydrogens is 274 g/mol. The lowest BCUT2D eigenvalue weighted by Crippen LogP contribution is -2.31. The molecule has 0 unspecified atom stereocenters. The second kappa shape index (κ2) is 8.04. The number of carbonyl (C=O) groups excluding carboxylic acids is 2. The van der Waals surface area contributed by atoms with Gasteiger partial charge in [0.1, 0.15) is 6.54 Å². The summed E-state index contributed by atoms with van der Waals surface area (Å²) in [5, 5.41) is 2.61. The maximum Gasteiger partial charge on any atom is 0.325 e. The Bertz CT molecular complexity index is 466. The third kappa shape index (κ3) is 4.96. The normalized spacial score (nSPS) is 10.7. The Labute approximate surface area is 124 Å². The van der Waals surface area contributed by atoms with E-state index < -0.39 is 5.97 Å². The van der Waals surface area contributed by atoms with Crippen molar-refractivity contribution in [3.63, 3.8) is 0 Å². The average molecular weight is 297 g/mol. The molecular formula is C15H23NO3S. The molecule has 0 aliphatic heterocycles. The van der Waals surface area contributed by atoms with Crippen LogP contribution in [0.15, 0.2) is 6.07 Å². The predicted octanol–water partition coefficient (Wildman–Crippen LogP) is 2.94. The molecule has 20 heavy (non-hydrogen) atoms. The largest absolute Gasteiger partial charge is 0.462 e. The molecule has 1 N–H and O–H groups in total. The van der Waals surface area contributed by atoms with Crippen LogP contribution in [0.2, 0.25) is 0 Å². The van der Waals surface area contributed by atoms with Crippen molar-refractivity contribution in [3.05, 3.63) is 21.4 Å². The first-order valence-electron chi connectivity index (χ1n) is 7.07. The highest BCUT2D eigenvalue weighted by molar-refractivity contribution is 7.14. The Morgan fingerprint density at radius 2 is 2.05 bits per heavy atom. The van der Waals surface area contributed by atoms with Crippen LogP contribution in [0.1, 0.15) is 54.2 Å². The summed E-state index contributed by atoms with van der Waals surface area (Å²) in [5.41, 5.74) is 1.23. The molecule has 1 heterocycles. The fourth-order valence-electron chi connectivity index (χ4n) is 1.86. The molecule has 0 bridgehead atoms. The summed E-state index contributed by atoms with van der Waals surface area (Å²) in [5.74, 6) is -0.609. The molecule has 1 aromatic rings. The Kier molecular flexibility index (Phi) is 6.71. The summed E-state index contributed by atoms with van der Waals surface area (Å²) in [6.45, 7) is 7.69. The van der Waals surface area contributed by atoms with Crippen molar-refractivity contribution < 1.29 is 14.3 Å². The molecule has 5 heteroatoms. The minimum atomic E-state index is -0.408. The van der Waals surface area contributed by atoms with Crippen molar-refractivity contribution in [3.8, 4) is 0 Å². The number of hydrogen-bond donors (Lipinski definition) is 1. The van der Waals surface area contributed by atoms with Gasteiger partial charge >= 0.3 is 5.97 Å². The van der Waals surface area contributed by atoms with E-state index in [1.54, 1.807) is 13.8 Å². The maximum absolute atomic E-state index is 12.0. The molecule has 0 fully saturated rings. The Balaban J connectivity index is 2.61. The van der Waals surface area contributed by atoms with E-state index in [1.165, 1.54) is 21.8 Å². The number of aryl methyl sites for hydroxylation is 2. The van der Waals surface area contributed by atoms with Crippen molar-refractivity contribution >= 4 is 23.2 Å². The van der Waals surface area contributed by atoms with Gasteiger partial charge in [0.05, 0.1) is 11.0 Å². The van der Waals surface area contributed by atoms with Crippen LogP contribution in [0.3, 0.4) is 0 Å². The number of rotatable bonds is 7. The number of carbonyl (C=O) groups is 2.